The van der Waals surface area contributed by atoms with Crippen molar-refractivity contribution in [2.75, 3.05) is 19.8 Å². The number of unbranched alkanes of at least 4 members (excludes halogenated alkanes) is 30. The lowest BCUT2D eigenvalue weighted by Gasteiger charge is -2.37. The molecule has 7 nitrogen and oxygen atoms in total. The first-order chi connectivity index (χ1) is 37.6. The standard InChI is InChI=1S/2C23H42NO.C22H21BO3/c2*1-2-3-4-5-6-7-8-9-10-11-12-13-14-15-16-20-23-25-24-21-18-17-19-22-24;24-23(25)26-18-10-17-22(19-11-4-1-5-12-19,20-13-6-2-7-14-20)21-15-8-3-9-16-21/h2*17-19,21-22H,2-16,20,23H2,1H3;1-9,11-16H,10,17-18H2/q2*+1;-2. The number of nitrogens with zero attached hydrogens (tertiary/aromatic N) is 2. The molecule has 0 radical (unpaired) electrons. The van der Waals surface area contributed by atoms with Gasteiger partial charge in [0.25, 0.3) is 0 Å². The van der Waals surface area contributed by atoms with Gasteiger partial charge in [0.05, 0.1) is 7.32 Å². The van der Waals surface area contributed by atoms with Gasteiger partial charge in [0.15, 0.2) is 13.2 Å². The first kappa shape index (κ1) is 65.8. The van der Waals surface area contributed by atoms with E-state index in [-0.39, 0.29) is 12.0 Å². The molecule has 0 aliphatic rings. The third-order valence-corrected chi connectivity index (χ3v) is 14.6. The summed E-state index contributed by atoms with van der Waals surface area (Å²) in [5, 5.41) is 21.4. The Morgan fingerprint density at radius 3 is 0.829 bits per heavy atom. The van der Waals surface area contributed by atoms with Gasteiger partial charge in [-0.3, -0.25) is 9.68 Å². The monoisotopic (exact) mass is 1040 g/mol. The summed E-state index contributed by atoms with van der Waals surface area (Å²) in [6, 6.07) is 43.0. The highest BCUT2D eigenvalue weighted by Gasteiger charge is 2.35. The molecule has 76 heavy (non-hydrogen) atoms. The molecule has 5 aromatic rings. The Kier molecular flexibility index (Phi) is 41.3. The normalized spacial score (nSPS) is 11.1. The predicted molar refractivity (Wildman–Crippen MR) is 315 cm³/mol. The maximum absolute atomic E-state index is 10.7. The molecule has 2 heterocycles. The van der Waals surface area contributed by atoms with Crippen molar-refractivity contribution in [3.05, 3.63) is 169 Å². The van der Waals surface area contributed by atoms with E-state index in [0.29, 0.717) is 6.42 Å². The molecule has 0 bridgehead atoms. The molecule has 3 aromatic carbocycles. The molecule has 0 aliphatic heterocycles. The Hall–Kier alpha value is -4.50. The molecule has 0 spiro atoms. The smallest absolute Gasteiger partial charge is 0.222 e. The van der Waals surface area contributed by atoms with Gasteiger partial charge in [-0.15, -0.1) is 0 Å². The molecule has 0 fully saturated rings. The fourth-order valence-electron chi connectivity index (χ4n) is 10.2. The molecule has 0 saturated carbocycles. The maximum atomic E-state index is 10.7. The summed E-state index contributed by atoms with van der Waals surface area (Å²) in [5.74, 6) is 0. The Morgan fingerprint density at radius 2 is 0.566 bits per heavy atom. The van der Waals surface area contributed by atoms with Crippen LogP contribution >= 0.6 is 0 Å². The van der Waals surface area contributed by atoms with Crippen LogP contribution in [0, 0.1) is 0 Å². The molecule has 2 aromatic heterocycles. The lowest BCUT2D eigenvalue weighted by Crippen LogP contribution is -2.48. The lowest BCUT2D eigenvalue weighted by atomic mass is 9.67. The summed E-state index contributed by atoms with van der Waals surface area (Å²) >= 11 is 0. The average molecular weight is 1040 g/mol. The molecule has 0 aliphatic carbocycles. The van der Waals surface area contributed by atoms with Gasteiger partial charge < -0.3 is 14.7 Å². The van der Waals surface area contributed by atoms with E-state index >= 15 is 0 Å². The molecule has 0 unspecified atom stereocenters. The van der Waals surface area contributed by atoms with Gasteiger partial charge in [-0.25, -0.2) is 0 Å². The number of hydrogen-bond acceptors (Lipinski definition) is 5. The van der Waals surface area contributed by atoms with Crippen LogP contribution in [0.5, 0.6) is 0 Å². The first-order valence-electron chi connectivity index (χ1n) is 30.9. The van der Waals surface area contributed by atoms with Crippen molar-refractivity contribution >= 4 is 7.32 Å². The zero-order chi connectivity index (χ0) is 53.9. The van der Waals surface area contributed by atoms with E-state index in [1.807, 2.05) is 116 Å². The van der Waals surface area contributed by atoms with E-state index in [1.165, 1.54) is 222 Å². The minimum atomic E-state index is -2.23. The first-order valence-corrected chi connectivity index (χ1v) is 30.9. The Morgan fingerprint density at radius 1 is 0.316 bits per heavy atom. The quantitative estimate of drug-likeness (QED) is 0.0168. The molecular formula is C68H105BN2O5. The third-order valence-electron chi connectivity index (χ3n) is 14.6. The van der Waals surface area contributed by atoms with Crippen LogP contribution < -0.4 is 29.2 Å². The molecule has 8 heteroatoms. The van der Waals surface area contributed by atoms with Gasteiger partial charge in [0, 0.05) is 45.7 Å². The van der Waals surface area contributed by atoms with Crippen molar-refractivity contribution in [1.82, 2.24) is 0 Å². The van der Waals surface area contributed by atoms with E-state index in [0.717, 1.165) is 19.6 Å². The topological polar surface area (TPSA) is 81.6 Å². The van der Waals surface area contributed by atoms with E-state index in [2.05, 4.69) is 50.2 Å². The van der Waals surface area contributed by atoms with Crippen molar-refractivity contribution in [3.63, 3.8) is 0 Å². The van der Waals surface area contributed by atoms with Gasteiger partial charge in [-0.05, 0) is 55.2 Å². The van der Waals surface area contributed by atoms with Crippen LogP contribution in [0.2, 0.25) is 0 Å². The molecule has 5 rings (SSSR count). The van der Waals surface area contributed by atoms with E-state index in [4.69, 9.17) is 14.3 Å². The summed E-state index contributed by atoms with van der Waals surface area (Å²) in [4.78, 5) is 11.3. The fraction of sp³-hybridized carbons (Fsp3) is 0.588. The number of aromatic nitrogens is 2. The zero-order valence-electron chi connectivity index (χ0n) is 48.1. The van der Waals surface area contributed by atoms with Crippen LogP contribution in [0.3, 0.4) is 0 Å². The number of rotatable bonds is 44. The predicted octanol–water partition coefficient (Wildman–Crippen LogP) is 15.9. The van der Waals surface area contributed by atoms with Crippen LogP contribution in [0.15, 0.2) is 152 Å². The highest BCUT2D eigenvalue weighted by Crippen LogP contribution is 2.43. The largest absolute Gasteiger partial charge is 0.871 e. The lowest BCUT2D eigenvalue weighted by molar-refractivity contribution is -0.891. The van der Waals surface area contributed by atoms with Gasteiger partial charge in [0.1, 0.15) is 0 Å². The Balaban J connectivity index is 0.000000300. The molecular weight excluding hydrogens is 936 g/mol. The second kappa shape index (κ2) is 47.7. The van der Waals surface area contributed by atoms with Crippen LogP contribution in [0.1, 0.15) is 249 Å². The van der Waals surface area contributed by atoms with Crippen LogP contribution in [-0.4, -0.2) is 27.1 Å². The van der Waals surface area contributed by atoms with Crippen molar-refractivity contribution in [2.45, 2.75) is 238 Å². The molecule has 0 atom stereocenters. The summed E-state index contributed by atoms with van der Waals surface area (Å²) in [7, 11) is -2.23. The number of pyridine rings is 2. The van der Waals surface area contributed by atoms with Crippen LogP contribution in [0.25, 0.3) is 0 Å². The SMILES string of the molecule is CCCCCCCCCCCCCCCCCCO[n+]1ccccc1.CCCCCCCCCCCCCCCCCCO[n+]1ccccc1.[O-]B([O-])OCCCC(c1ccccc1)(c1ccccc1)c1ccccc1. The Bertz CT molecular complexity index is 1770. The van der Waals surface area contributed by atoms with E-state index < -0.39 is 7.32 Å². The molecule has 0 N–H and O–H groups in total. The molecule has 0 amide bonds. The minimum absolute atomic E-state index is 0.159. The molecule has 0 saturated heterocycles. The molecule has 420 valence electrons. The third kappa shape index (κ3) is 32.9. The van der Waals surface area contributed by atoms with Gasteiger partial charge in [0.2, 0.25) is 24.8 Å². The maximum Gasteiger partial charge on any atom is 0.222 e. The van der Waals surface area contributed by atoms with E-state index in [9.17, 15) is 10.0 Å². The van der Waals surface area contributed by atoms with Gasteiger partial charge >= 0.3 is 0 Å². The van der Waals surface area contributed by atoms with Crippen molar-refractivity contribution < 1.29 is 33.8 Å². The van der Waals surface area contributed by atoms with Crippen LogP contribution in [-0.2, 0) is 10.1 Å². The summed E-state index contributed by atoms with van der Waals surface area (Å²) in [6.07, 6.45) is 54.2. The number of benzene rings is 3. The van der Waals surface area contributed by atoms with Gasteiger partial charge in [-0.1, -0.05) is 297 Å². The van der Waals surface area contributed by atoms with Crippen molar-refractivity contribution in [2.24, 2.45) is 0 Å². The highest BCUT2D eigenvalue weighted by molar-refractivity contribution is 6.28. The Labute approximate surface area is 465 Å². The minimum Gasteiger partial charge on any atom is -0.871 e. The van der Waals surface area contributed by atoms with Crippen molar-refractivity contribution in [1.29, 1.82) is 0 Å². The second-order valence-electron chi connectivity index (χ2n) is 21.0. The van der Waals surface area contributed by atoms with Gasteiger partial charge in [-0.2, -0.15) is 0 Å². The van der Waals surface area contributed by atoms with Crippen LogP contribution in [0.4, 0.5) is 0 Å². The highest BCUT2D eigenvalue weighted by atomic mass is 16.7. The number of hydrogen-bond donors (Lipinski definition) is 0. The second-order valence-corrected chi connectivity index (χ2v) is 21.0. The van der Waals surface area contributed by atoms with Crippen molar-refractivity contribution in [3.8, 4) is 0 Å². The summed E-state index contributed by atoms with van der Waals surface area (Å²) in [6.45, 7) is 6.39. The van der Waals surface area contributed by atoms with E-state index in [1.54, 1.807) is 9.46 Å². The average Bonchev–Trinajstić information content (AvgIpc) is 3.47. The summed E-state index contributed by atoms with van der Waals surface area (Å²) < 4.78 is 8.33. The summed E-state index contributed by atoms with van der Waals surface area (Å²) in [5.41, 5.74) is 3.17. The zero-order valence-corrected chi connectivity index (χ0v) is 48.1. The fourth-order valence-corrected chi connectivity index (χ4v) is 10.2.